The normalized spacial score (nSPS) is 11.5. The minimum atomic E-state index is 0.151. The Morgan fingerprint density at radius 1 is 1.21 bits per heavy atom. The van der Waals surface area contributed by atoms with Crippen LogP contribution in [0.3, 0.4) is 0 Å². The van der Waals surface area contributed by atoms with E-state index in [9.17, 15) is 0 Å². The molecule has 0 heterocycles. The molecule has 0 radical (unpaired) electrons. The van der Waals surface area contributed by atoms with Gasteiger partial charge in [0.2, 0.25) is 0 Å². The molecule has 14 heavy (non-hydrogen) atoms. The number of hydrogen-bond donors (Lipinski definition) is 0. The van der Waals surface area contributed by atoms with Gasteiger partial charge in [-0.05, 0) is 23.5 Å². The van der Waals surface area contributed by atoms with Crippen molar-refractivity contribution in [3.63, 3.8) is 0 Å². The molecule has 0 aliphatic heterocycles. The lowest BCUT2D eigenvalue weighted by Gasteiger charge is -2.25. The average molecular weight is 192 g/mol. The van der Waals surface area contributed by atoms with E-state index >= 15 is 0 Å². The topological polar surface area (TPSA) is 9.23 Å². The van der Waals surface area contributed by atoms with Crippen molar-refractivity contribution in [1.29, 1.82) is 0 Å². The number of ether oxygens (including phenoxy) is 1. The number of hydrogen-bond acceptors (Lipinski definition) is 1. The highest BCUT2D eigenvalue weighted by Crippen LogP contribution is 2.34. The molecule has 0 saturated heterocycles. The fourth-order valence-corrected chi connectivity index (χ4v) is 1.89. The van der Waals surface area contributed by atoms with Gasteiger partial charge in [0.05, 0.1) is 7.11 Å². The highest BCUT2D eigenvalue weighted by Gasteiger charge is 2.21. The van der Waals surface area contributed by atoms with E-state index in [0.717, 1.165) is 12.2 Å². The van der Waals surface area contributed by atoms with Crippen molar-refractivity contribution in [2.75, 3.05) is 7.11 Å². The van der Waals surface area contributed by atoms with Crippen LogP contribution in [0.25, 0.3) is 0 Å². The molecule has 0 aliphatic rings. The van der Waals surface area contributed by atoms with Gasteiger partial charge < -0.3 is 4.74 Å². The standard InChI is InChI=1S/C13H20O/c1-6-10-8-7-9-11(14-5)12(10)13(2,3)4/h7-9H,6H2,1-5H3. The smallest absolute Gasteiger partial charge is 0.122 e. The highest BCUT2D eigenvalue weighted by atomic mass is 16.5. The van der Waals surface area contributed by atoms with E-state index in [-0.39, 0.29) is 5.41 Å². The summed E-state index contributed by atoms with van der Waals surface area (Å²) in [7, 11) is 1.74. The van der Waals surface area contributed by atoms with E-state index in [0.29, 0.717) is 0 Å². The van der Waals surface area contributed by atoms with Crippen LogP contribution in [0.5, 0.6) is 5.75 Å². The first-order chi connectivity index (χ1) is 6.50. The van der Waals surface area contributed by atoms with E-state index in [2.05, 4.69) is 39.8 Å². The summed E-state index contributed by atoms with van der Waals surface area (Å²) in [6, 6.07) is 6.29. The lowest BCUT2D eigenvalue weighted by atomic mass is 9.82. The van der Waals surface area contributed by atoms with Crippen LogP contribution in [0, 0.1) is 0 Å². The Kier molecular flexibility index (Phi) is 3.20. The number of benzene rings is 1. The number of aryl methyl sites for hydroxylation is 1. The van der Waals surface area contributed by atoms with Gasteiger partial charge in [0.15, 0.2) is 0 Å². The van der Waals surface area contributed by atoms with Gasteiger partial charge in [0.1, 0.15) is 5.75 Å². The summed E-state index contributed by atoms with van der Waals surface area (Å²) in [4.78, 5) is 0. The first-order valence-corrected chi connectivity index (χ1v) is 5.17. The second-order valence-electron chi connectivity index (χ2n) is 4.60. The first-order valence-electron chi connectivity index (χ1n) is 5.17. The van der Waals surface area contributed by atoms with Crippen LogP contribution in [-0.4, -0.2) is 7.11 Å². The van der Waals surface area contributed by atoms with Crippen LogP contribution in [-0.2, 0) is 11.8 Å². The maximum atomic E-state index is 5.41. The average Bonchev–Trinajstić information content (AvgIpc) is 2.15. The van der Waals surface area contributed by atoms with Gasteiger partial charge >= 0.3 is 0 Å². The number of methoxy groups -OCH3 is 1. The summed E-state index contributed by atoms with van der Waals surface area (Å²) < 4.78 is 5.41. The monoisotopic (exact) mass is 192 g/mol. The van der Waals surface area contributed by atoms with Crippen LogP contribution >= 0.6 is 0 Å². The second-order valence-corrected chi connectivity index (χ2v) is 4.60. The van der Waals surface area contributed by atoms with Gasteiger partial charge in [0, 0.05) is 5.56 Å². The maximum Gasteiger partial charge on any atom is 0.122 e. The predicted molar refractivity (Wildman–Crippen MR) is 61.1 cm³/mol. The summed E-state index contributed by atoms with van der Waals surface area (Å²) >= 11 is 0. The first kappa shape index (κ1) is 11.1. The SMILES string of the molecule is CCc1cccc(OC)c1C(C)(C)C. The van der Waals surface area contributed by atoms with Crippen LogP contribution < -0.4 is 4.74 Å². The van der Waals surface area contributed by atoms with E-state index < -0.39 is 0 Å². The Morgan fingerprint density at radius 3 is 2.29 bits per heavy atom. The summed E-state index contributed by atoms with van der Waals surface area (Å²) in [5, 5.41) is 0. The molecule has 0 fully saturated rings. The van der Waals surface area contributed by atoms with Crippen LogP contribution in [0.4, 0.5) is 0 Å². The Hall–Kier alpha value is -0.980. The van der Waals surface area contributed by atoms with Gasteiger partial charge in [-0.15, -0.1) is 0 Å². The van der Waals surface area contributed by atoms with E-state index in [1.165, 1.54) is 11.1 Å². The third-order valence-electron chi connectivity index (χ3n) is 2.46. The van der Waals surface area contributed by atoms with Gasteiger partial charge in [-0.2, -0.15) is 0 Å². The molecule has 1 rings (SSSR count). The molecule has 0 aromatic heterocycles. The maximum absolute atomic E-state index is 5.41. The summed E-state index contributed by atoms with van der Waals surface area (Å²) in [5.74, 6) is 1.01. The lowest BCUT2D eigenvalue weighted by Crippen LogP contribution is -2.15. The molecular formula is C13H20O. The van der Waals surface area contributed by atoms with Crippen LogP contribution in [0.15, 0.2) is 18.2 Å². The molecule has 0 N–H and O–H groups in total. The van der Waals surface area contributed by atoms with Crippen molar-refractivity contribution in [2.45, 2.75) is 39.5 Å². The predicted octanol–water partition coefficient (Wildman–Crippen LogP) is 3.56. The lowest BCUT2D eigenvalue weighted by molar-refractivity contribution is 0.396. The molecule has 1 nitrogen and oxygen atoms in total. The van der Waals surface area contributed by atoms with Crippen molar-refractivity contribution in [3.8, 4) is 5.75 Å². The van der Waals surface area contributed by atoms with E-state index in [1.54, 1.807) is 7.11 Å². The summed E-state index contributed by atoms with van der Waals surface area (Å²) in [5.41, 5.74) is 2.87. The molecule has 0 spiro atoms. The summed E-state index contributed by atoms with van der Waals surface area (Å²) in [6.45, 7) is 8.86. The molecule has 0 amide bonds. The molecule has 1 aromatic rings. The molecular weight excluding hydrogens is 172 g/mol. The molecule has 0 aliphatic carbocycles. The fraction of sp³-hybridized carbons (Fsp3) is 0.538. The zero-order valence-corrected chi connectivity index (χ0v) is 9.85. The molecule has 1 aromatic carbocycles. The zero-order valence-electron chi connectivity index (χ0n) is 9.85. The van der Waals surface area contributed by atoms with Crippen molar-refractivity contribution in [3.05, 3.63) is 29.3 Å². The van der Waals surface area contributed by atoms with Gasteiger partial charge in [-0.3, -0.25) is 0 Å². The third kappa shape index (κ3) is 2.09. The fourth-order valence-electron chi connectivity index (χ4n) is 1.89. The van der Waals surface area contributed by atoms with Crippen molar-refractivity contribution >= 4 is 0 Å². The Morgan fingerprint density at radius 2 is 1.86 bits per heavy atom. The van der Waals surface area contributed by atoms with Crippen LogP contribution in [0.1, 0.15) is 38.8 Å². The number of rotatable bonds is 2. The largest absolute Gasteiger partial charge is 0.496 e. The van der Waals surface area contributed by atoms with E-state index in [1.807, 2.05) is 6.07 Å². The van der Waals surface area contributed by atoms with Crippen molar-refractivity contribution in [2.24, 2.45) is 0 Å². The Bertz CT molecular complexity index is 285. The molecule has 0 saturated carbocycles. The van der Waals surface area contributed by atoms with Gasteiger partial charge in [0.25, 0.3) is 0 Å². The highest BCUT2D eigenvalue weighted by molar-refractivity contribution is 5.44. The molecule has 0 unspecified atom stereocenters. The molecule has 78 valence electrons. The quantitative estimate of drug-likeness (QED) is 0.696. The molecule has 0 atom stereocenters. The zero-order chi connectivity index (χ0) is 10.8. The van der Waals surface area contributed by atoms with Crippen LogP contribution in [0.2, 0.25) is 0 Å². The minimum absolute atomic E-state index is 0.151. The van der Waals surface area contributed by atoms with E-state index in [4.69, 9.17) is 4.74 Å². The van der Waals surface area contributed by atoms with Crippen molar-refractivity contribution < 1.29 is 4.74 Å². The Balaban J connectivity index is 3.34. The van der Waals surface area contributed by atoms with Crippen molar-refractivity contribution in [1.82, 2.24) is 0 Å². The second kappa shape index (κ2) is 4.04. The van der Waals surface area contributed by atoms with Gasteiger partial charge in [-0.25, -0.2) is 0 Å². The molecule has 1 heteroatoms. The minimum Gasteiger partial charge on any atom is -0.496 e. The molecule has 0 bridgehead atoms. The van der Waals surface area contributed by atoms with Gasteiger partial charge in [-0.1, -0.05) is 39.8 Å². The third-order valence-corrected chi connectivity index (χ3v) is 2.46. The summed E-state index contributed by atoms with van der Waals surface area (Å²) in [6.07, 6.45) is 1.06. The Labute approximate surface area is 87.1 Å².